The monoisotopic (exact) mass is 270 g/mol. The number of hydrogen-bond acceptors (Lipinski definition) is 2. The van der Waals surface area contributed by atoms with Crippen molar-refractivity contribution in [2.24, 2.45) is 10.9 Å². The minimum atomic E-state index is -4.41. The van der Waals surface area contributed by atoms with Crippen molar-refractivity contribution >= 4 is 11.7 Å². The second-order valence-corrected chi connectivity index (χ2v) is 4.73. The highest BCUT2D eigenvalue weighted by Gasteiger charge is 2.33. The molecule has 0 radical (unpaired) electrons. The number of benzene rings is 1. The predicted octanol–water partition coefficient (Wildman–Crippen LogP) is 2.61. The van der Waals surface area contributed by atoms with E-state index in [1.54, 1.807) is 0 Å². The molecule has 1 aliphatic heterocycles. The number of hydrogen-bond donors (Lipinski definition) is 1. The zero-order valence-corrected chi connectivity index (χ0v) is 10.5. The van der Waals surface area contributed by atoms with Crippen LogP contribution in [-0.4, -0.2) is 17.8 Å². The van der Waals surface area contributed by atoms with Crippen molar-refractivity contribution in [3.8, 4) is 0 Å². The summed E-state index contributed by atoms with van der Waals surface area (Å²) in [5, 5.41) is 2.52. The van der Waals surface area contributed by atoms with Gasteiger partial charge in [-0.1, -0.05) is 26.0 Å². The minimum Gasteiger partial charge on any atom is -0.309 e. The lowest BCUT2D eigenvalue weighted by Gasteiger charge is -2.08. The lowest BCUT2D eigenvalue weighted by Crippen LogP contribution is -2.31. The topological polar surface area (TPSA) is 41.5 Å². The second-order valence-electron chi connectivity index (χ2n) is 4.73. The van der Waals surface area contributed by atoms with Gasteiger partial charge in [0.2, 0.25) is 0 Å². The molecule has 1 aliphatic rings. The minimum absolute atomic E-state index is 0.00305. The Bertz CT molecular complexity index is 535. The highest BCUT2D eigenvalue weighted by atomic mass is 19.4. The third-order valence-electron chi connectivity index (χ3n) is 2.87. The van der Waals surface area contributed by atoms with Crippen LogP contribution in [0.3, 0.4) is 0 Å². The number of carbonyl (C=O) groups excluding carboxylic acids is 1. The summed E-state index contributed by atoms with van der Waals surface area (Å²) in [6, 6.07) is 4.24. The molecule has 6 heteroatoms. The zero-order chi connectivity index (χ0) is 14.2. The van der Waals surface area contributed by atoms with E-state index in [-0.39, 0.29) is 23.2 Å². The summed E-state index contributed by atoms with van der Waals surface area (Å²) >= 11 is 0. The largest absolute Gasteiger partial charge is 0.416 e. The molecular weight excluding hydrogens is 257 g/mol. The normalized spacial score (nSPS) is 19.6. The van der Waals surface area contributed by atoms with Gasteiger partial charge in [0.05, 0.1) is 5.56 Å². The van der Waals surface area contributed by atoms with Crippen molar-refractivity contribution in [2.75, 3.05) is 0 Å². The predicted molar refractivity (Wildman–Crippen MR) is 64.7 cm³/mol. The van der Waals surface area contributed by atoms with Crippen LogP contribution < -0.4 is 5.32 Å². The molecule has 0 bridgehead atoms. The number of amides is 1. The van der Waals surface area contributed by atoms with Crippen molar-refractivity contribution in [1.82, 2.24) is 5.32 Å². The van der Waals surface area contributed by atoms with E-state index in [0.29, 0.717) is 0 Å². The third-order valence-corrected chi connectivity index (χ3v) is 2.87. The molecular formula is C13H13F3N2O. The highest BCUT2D eigenvalue weighted by molar-refractivity contribution is 6.13. The van der Waals surface area contributed by atoms with Gasteiger partial charge in [-0.15, -0.1) is 0 Å². The summed E-state index contributed by atoms with van der Waals surface area (Å²) in [5.74, 6) is -0.0690. The number of halogens is 3. The first-order valence-electron chi connectivity index (χ1n) is 5.85. The number of aliphatic imine (C=N–C) groups is 1. The Kier molecular flexibility index (Phi) is 3.34. The Balaban J connectivity index is 2.34. The number of alkyl halides is 3. The molecule has 1 heterocycles. The van der Waals surface area contributed by atoms with Crippen molar-refractivity contribution in [2.45, 2.75) is 26.1 Å². The molecule has 0 fully saturated rings. The molecule has 1 unspecified atom stereocenters. The first-order chi connectivity index (χ1) is 8.79. The summed E-state index contributed by atoms with van der Waals surface area (Å²) in [4.78, 5) is 15.8. The summed E-state index contributed by atoms with van der Waals surface area (Å²) in [6.07, 6.45) is -4.41. The molecule has 3 nitrogen and oxygen atoms in total. The van der Waals surface area contributed by atoms with E-state index in [1.165, 1.54) is 12.1 Å². The molecule has 1 aromatic carbocycles. The number of nitrogens with one attached hydrogen (secondary N) is 1. The first kappa shape index (κ1) is 13.6. The van der Waals surface area contributed by atoms with E-state index in [2.05, 4.69) is 10.3 Å². The molecule has 19 heavy (non-hydrogen) atoms. The fraction of sp³-hybridized carbons (Fsp3) is 0.385. The highest BCUT2D eigenvalue weighted by Crippen LogP contribution is 2.29. The van der Waals surface area contributed by atoms with Crippen LogP contribution in [0, 0.1) is 5.92 Å². The van der Waals surface area contributed by atoms with Crippen LogP contribution in [0.5, 0.6) is 0 Å². The van der Waals surface area contributed by atoms with Crippen LogP contribution in [0.25, 0.3) is 0 Å². The smallest absolute Gasteiger partial charge is 0.309 e. The van der Waals surface area contributed by atoms with Gasteiger partial charge in [-0.05, 0) is 18.1 Å². The average molecular weight is 270 g/mol. The summed E-state index contributed by atoms with van der Waals surface area (Å²) < 4.78 is 37.8. The Labute approximate surface area is 108 Å². The number of nitrogens with zero attached hydrogens (tertiary/aromatic N) is 1. The van der Waals surface area contributed by atoms with Gasteiger partial charge in [0.25, 0.3) is 5.91 Å². The molecule has 1 aromatic rings. The number of carbonyl (C=O) groups is 1. The van der Waals surface area contributed by atoms with Crippen molar-refractivity contribution < 1.29 is 18.0 Å². The summed E-state index contributed by atoms with van der Waals surface area (Å²) in [5.41, 5.74) is -0.485. The summed E-state index contributed by atoms with van der Waals surface area (Å²) in [6.45, 7) is 3.67. The zero-order valence-electron chi connectivity index (χ0n) is 10.5. The fourth-order valence-corrected chi connectivity index (χ4v) is 1.86. The van der Waals surface area contributed by atoms with Crippen LogP contribution in [0.15, 0.2) is 29.3 Å². The third kappa shape index (κ3) is 2.77. The van der Waals surface area contributed by atoms with Crippen LogP contribution in [-0.2, 0) is 11.0 Å². The molecule has 1 amide bonds. The fourth-order valence-electron chi connectivity index (χ4n) is 1.86. The number of amidine groups is 1. The summed E-state index contributed by atoms with van der Waals surface area (Å²) in [7, 11) is 0. The lowest BCUT2D eigenvalue weighted by molar-refractivity contribution is -0.137. The van der Waals surface area contributed by atoms with Gasteiger partial charge >= 0.3 is 6.18 Å². The van der Waals surface area contributed by atoms with Gasteiger partial charge in [-0.2, -0.15) is 13.2 Å². The van der Waals surface area contributed by atoms with Crippen LogP contribution in [0.1, 0.15) is 25.0 Å². The Hall–Kier alpha value is -1.85. The van der Waals surface area contributed by atoms with E-state index < -0.39 is 17.8 Å². The molecule has 1 N–H and O–H groups in total. The van der Waals surface area contributed by atoms with Crippen LogP contribution >= 0.6 is 0 Å². The maximum absolute atomic E-state index is 12.6. The molecule has 0 spiro atoms. The van der Waals surface area contributed by atoms with Crippen LogP contribution in [0.2, 0.25) is 0 Å². The molecule has 0 aromatic heterocycles. The molecule has 0 aliphatic carbocycles. The van der Waals surface area contributed by atoms with E-state index >= 15 is 0 Å². The molecule has 0 saturated carbocycles. The maximum atomic E-state index is 12.6. The van der Waals surface area contributed by atoms with Gasteiger partial charge in [-0.3, -0.25) is 9.79 Å². The molecule has 0 saturated heterocycles. The van der Waals surface area contributed by atoms with E-state index in [4.69, 9.17) is 0 Å². The SMILES string of the molecule is CC(C)C1N=C(c2cccc(C(F)(F)F)c2)NC1=O. The van der Waals surface area contributed by atoms with Gasteiger partial charge in [0.15, 0.2) is 0 Å². The van der Waals surface area contributed by atoms with E-state index in [9.17, 15) is 18.0 Å². The Morgan fingerprint density at radius 1 is 1.32 bits per heavy atom. The van der Waals surface area contributed by atoms with E-state index in [0.717, 1.165) is 12.1 Å². The van der Waals surface area contributed by atoms with Gasteiger partial charge < -0.3 is 5.32 Å². The van der Waals surface area contributed by atoms with Gasteiger partial charge in [0.1, 0.15) is 11.9 Å². The molecule has 1 atom stereocenters. The van der Waals surface area contributed by atoms with Crippen molar-refractivity contribution in [3.63, 3.8) is 0 Å². The molecule has 2 rings (SSSR count). The van der Waals surface area contributed by atoms with Crippen molar-refractivity contribution in [3.05, 3.63) is 35.4 Å². The average Bonchev–Trinajstić information content (AvgIpc) is 2.70. The quantitative estimate of drug-likeness (QED) is 0.881. The number of rotatable bonds is 2. The lowest BCUT2D eigenvalue weighted by atomic mass is 10.1. The standard InChI is InChI=1S/C13H13F3N2O/c1-7(2)10-12(19)18-11(17-10)8-4-3-5-9(6-8)13(14,15)16/h3-7,10H,1-2H3,(H,17,18,19). The Morgan fingerprint density at radius 3 is 2.53 bits per heavy atom. The maximum Gasteiger partial charge on any atom is 0.416 e. The van der Waals surface area contributed by atoms with Crippen LogP contribution in [0.4, 0.5) is 13.2 Å². The Morgan fingerprint density at radius 2 is 2.00 bits per heavy atom. The molecule has 102 valence electrons. The van der Waals surface area contributed by atoms with Crippen molar-refractivity contribution in [1.29, 1.82) is 0 Å². The second kappa shape index (κ2) is 4.68. The van der Waals surface area contributed by atoms with E-state index in [1.807, 2.05) is 13.8 Å². The first-order valence-corrected chi connectivity index (χ1v) is 5.85. The van der Waals surface area contributed by atoms with Gasteiger partial charge in [0, 0.05) is 5.56 Å². The van der Waals surface area contributed by atoms with Gasteiger partial charge in [-0.25, -0.2) is 0 Å².